The van der Waals surface area contributed by atoms with Crippen LogP contribution in [0.2, 0.25) is 5.02 Å². The van der Waals surface area contributed by atoms with Gasteiger partial charge in [-0.05, 0) is 48.9 Å². The maximum Gasteiger partial charge on any atom is 0.248 e. The van der Waals surface area contributed by atoms with E-state index in [0.29, 0.717) is 34.4 Å². The van der Waals surface area contributed by atoms with Crippen molar-refractivity contribution in [1.29, 1.82) is 0 Å². The zero-order chi connectivity index (χ0) is 22.2. The van der Waals surface area contributed by atoms with E-state index in [1.807, 2.05) is 6.92 Å². The van der Waals surface area contributed by atoms with Gasteiger partial charge in [-0.15, -0.1) is 0 Å². The molecule has 3 aromatic rings. The number of allylic oxidation sites excluding steroid dienone is 1. The van der Waals surface area contributed by atoms with Gasteiger partial charge in [0.2, 0.25) is 5.91 Å². The molecule has 0 aliphatic heterocycles. The van der Waals surface area contributed by atoms with Crippen LogP contribution < -0.4 is 20.7 Å². The van der Waals surface area contributed by atoms with Crippen molar-refractivity contribution < 1.29 is 13.9 Å². The Labute approximate surface area is 184 Å². The lowest BCUT2D eigenvalue weighted by atomic mass is 10.2. The van der Waals surface area contributed by atoms with Crippen molar-refractivity contribution in [1.82, 2.24) is 9.97 Å². The molecule has 9 heteroatoms. The fourth-order valence-electron chi connectivity index (χ4n) is 2.65. The molecule has 0 unspecified atom stereocenters. The predicted octanol–water partition coefficient (Wildman–Crippen LogP) is 5.67. The van der Waals surface area contributed by atoms with Crippen LogP contribution in [0.5, 0.6) is 5.75 Å². The highest BCUT2D eigenvalue weighted by atomic mass is 35.5. The van der Waals surface area contributed by atoms with E-state index in [2.05, 4.69) is 25.9 Å². The summed E-state index contributed by atoms with van der Waals surface area (Å²) in [5, 5.41) is 9.01. The number of carbonyl (C=O) groups is 1. The quantitative estimate of drug-likeness (QED) is 0.390. The molecule has 0 spiro atoms. The Balaban J connectivity index is 1.78. The van der Waals surface area contributed by atoms with Crippen molar-refractivity contribution in [2.24, 2.45) is 0 Å². The standard InChI is InChI=1S/C22H21ClFN5O2/c1-3-4-5-22(30)28-15-7-9-19(31-2)18(11-15)29-21-12-20(25-13-26-21)27-14-6-8-17(24)16(23)10-14/h4-13H,3H2,1-2H3,(H,28,30)(H2,25,26,27,29). The SMILES string of the molecule is CCC=CC(=O)Nc1ccc(OC)c(Nc2cc(Nc3ccc(F)c(Cl)c3)ncn2)c1. The molecule has 0 radical (unpaired) electrons. The molecule has 0 saturated heterocycles. The van der Waals surface area contributed by atoms with E-state index >= 15 is 0 Å². The smallest absolute Gasteiger partial charge is 0.248 e. The molecule has 0 aliphatic carbocycles. The number of nitrogens with zero attached hydrogens (tertiary/aromatic N) is 2. The molecule has 160 valence electrons. The topological polar surface area (TPSA) is 88.2 Å². The molecule has 0 saturated carbocycles. The molecule has 0 fully saturated rings. The Morgan fingerprint density at radius 1 is 1.10 bits per heavy atom. The Morgan fingerprint density at radius 3 is 2.55 bits per heavy atom. The molecule has 31 heavy (non-hydrogen) atoms. The third kappa shape index (κ3) is 6.16. The van der Waals surface area contributed by atoms with Crippen molar-refractivity contribution in [3.8, 4) is 5.75 Å². The summed E-state index contributed by atoms with van der Waals surface area (Å²) in [7, 11) is 1.55. The Bertz CT molecular complexity index is 1110. The van der Waals surface area contributed by atoms with Crippen LogP contribution in [0.1, 0.15) is 13.3 Å². The van der Waals surface area contributed by atoms with E-state index in [9.17, 15) is 9.18 Å². The lowest BCUT2D eigenvalue weighted by Crippen LogP contribution is -2.08. The van der Waals surface area contributed by atoms with Gasteiger partial charge >= 0.3 is 0 Å². The minimum atomic E-state index is -0.499. The van der Waals surface area contributed by atoms with Crippen LogP contribution in [0.4, 0.5) is 33.1 Å². The summed E-state index contributed by atoms with van der Waals surface area (Å²) in [6.45, 7) is 1.95. The number of nitrogens with one attached hydrogen (secondary N) is 3. The number of amides is 1. The number of methoxy groups -OCH3 is 1. The van der Waals surface area contributed by atoms with Crippen molar-refractivity contribution >= 4 is 46.2 Å². The average Bonchev–Trinajstić information content (AvgIpc) is 2.75. The molecular weight excluding hydrogens is 421 g/mol. The number of hydrogen-bond acceptors (Lipinski definition) is 6. The summed E-state index contributed by atoms with van der Waals surface area (Å²) in [5.74, 6) is 0.818. The van der Waals surface area contributed by atoms with E-state index in [4.69, 9.17) is 16.3 Å². The lowest BCUT2D eigenvalue weighted by Gasteiger charge is -2.13. The first-order chi connectivity index (χ1) is 15.0. The summed E-state index contributed by atoms with van der Waals surface area (Å²) < 4.78 is 18.7. The van der Waals surface area contributed by atoms with Gasteiger partial charge in [0.15, 0.2) is 0 Å². The monoisotopic (exact) mass is 441 g/mol. The van der Waals surface area contributed by atoms with E-state index in [1.165, 1.54) is 24.5 Å². The zero-order valence-electron chi connectivity index (χ0n) is 16.9. The molecular formula is C22H21ClFN5O2. The van der Waals surface area contributed by atoms with Crippen LogP contribution in [0, 0.1) is 5.82 Å². The van der Waals surface area contributed by atoms with Crippen LogP contribution >= 0.6 is 11.6 Å². The first-order valence-electron chi connectivity index (χ1n) is 9.45. The molecule has 1 aromatic heterocycles. The van der Waals surface area contributed by atoms with Gasteiger partial charge in [0.1, 0.15) is 29.5 Å². The fraction of sp³-hybridized carbons (Fsp3) is 0.136. The summed E-state index contributed by atoms with van der Waals surface area (Å²) >= 11 is 5.82. The number of rotatable bonds is 8. The number of carbonyl (C=O) groups excluding carboxylic acids is 1. The second-order valence-corrected chi connectivity index (χ2v) is 6.79. The highest BCUT2D eigenvalue weighted by Crippen LogP contribution is 2.31. The summed E-state index contributed by atoms with van der Waals surface area (Å²) in [6, 6.07) is 11.2. The van der Waals surface area contributed by atoms with Gasteiger partial charge in [-0.1, -0.05) is 24.6 Å². The lowest BCUT2D eigenvalue weighted by molar-refractivity contribution is -0.111. The third-order valence-electron chi connectivity index (χ3n) is 4.09. The first-order valence-corrected chi connectivity index (χ1v) is 9.83. The molecule has 0 aliphatic rings. The van der Waals surface area contributed by atoms with Crippen LogP contribution in [0.15, 0.2) is 60.9 Å². The fourth-order valence-corrected chi connectivity index (χ4v) is 2.83. The molecule has 0 atom stereocenters. The van der Waals surface area contributed by atoms with Crippen molar-refractivity contribution in [3.63, 3.8) is 0 Å². The second kappa shape index (κ2) is 10.4. The minimum absolute atomic E-state index is 0.00906. The summed E-state index contributed by atoms with van der Waals surface area (Å²) in [4.78, 5) is 20.3. The Hall–Kier alpha value is -3.65. The highest BCUT2D eigenvalue weighted by Gasteiger charge is 2.09. The van der Waals surface area contributed by atoms with Gasteiger partial charge in [0.25, 0.3) is 0 Å². The number of hydrogen-bond donors (Lipinski definition) is 3. The van der Waals surface area contributed by atoms with Gasteiger partial charge in [0, 0.05) is 17.4 Å². The number of anilines is 5. The van der Waals surface area contributed by atoms with E-state index in [-0.39, 0.29) is 10.9 Å². The zero-order valence-corrected chi connectivity index (χ0v) is 17.7. The average molecular weight is 442 g/mol. The number of benzene rings is 2. The number of halogens is 2. The van der Waals surface area contributed by atoms with Gasteiger partial charge < -0.3 is 20.7 Å². The summed E-state index contributed by atoms with van der Waals surface area (Å²) in [6.07, 6.45) is 5.42. The minimum Gasteiger partial charge on any atom is -0.495 e. The maximum absolute atomic E-state index is 13.4. The first kappa shape index (κ1) is 22.0. The highest BCUT2D eigenvalue weighted by molar-refractivity contribution is 6.31. The van der Waals surface area contributed by atoms with Gasteiger partial charge in [0.05, 0.1) is 17.8 Å². The van der Waals surface area contributed by atoms with Crippen molar-refractivity contribution in [2.75, 3.05) is 23.1 Å². The maximum atomic E-state index is 13.4. The Morgan fingerprint density at radius 2 is 1.84 bits per heavy atom. The van der Waals surface area contributed by atoms with E-state index < -0.39 is 5.82 Å². The normalized spacial score (nSPS) is 10.7. The molecule has 1 heterocycles. The predicted molar refractivity (Wildman–Crippen MR) is 121 cm³/mol. The van der Waals surface area contributed by atoms with Gasteiger partial charge in [-0.3, -0.25) is 4.79 Å². The summed E-state index contributed by atoms with van der Waals surface area (Å²) in [5.41, 5.74) is 1.79. The molecule has 0 bridgehead atoms. The number of aromatic nitrogens is 2. The van der Waals surface area contributed by atoms with Crippen molar-refractivity contribution in [2.45, 2.75) is 13.3 Å². The van der Waals surface area contributed by atoms with Crippen molar-refractivity contribution in [3.05, 3.63) is 71.8 Å². The van der Waals surface area contributed by atoms with Crippen LogP contribution in [0.25, 0.3) is 0 Å². The Kier molecular flexibility index (Phi) is 7.40. The van der Waals surface area contributed by atoms with Gasteiger partial charge in [-0.25, -0.2) is 14.4 Å². The second-order valence-electron chi connectivity index (χ2n) is 6.38. The van der Waals surface area contributed by atoms with Crippen LogP contribution in [-0.4, -0.2) is 23.0 Å². The molecule has 2 aromatic carbocycles. The molecule has 3 rings (SSSR count). The van der Waals surface area contributed by atoms with Crippen LogP contribution in [0.3, 0.4) is 0 Å². The number of ether oxygens (including phenoxy) is 1. The van der Waals surface area contributed by atoms with Crippen LogP contribution in [-0.2, 0) is 4.79 Å². The van der Waals surface area contributed by atoms with Gasteiger partial charge in [-0.2, -0.15) is 0 Å². The molecule has 1 amide bonds. The molecule has 7 nitrogen and oxygen atoms in total. The third-order valence-corrected chi connectivity index (χ3v) is 4.38. The largest absolute Gasteiger partial charge is 0.495 e. The van der Waals surface area contributed by atoms with E-state index in [1.54, 1.807) is 43.5 Å². The molecule has 3 N–H and O–H groups in total. The van der Waals surface area contributed by atoms with E-state index in [0.717, 1.165) is 6.42 Å².